The minimum atomic E-state index is -1.47. The summed E-state index contributed by atoms with van der Waals surface area (Å²) < 4.78 is 0. The molecule has 11 nitrogen and oxygen atoms in total. The van der Waals surface area contributed by atoms with Gasteiger partial charge in [-0.05, 0) is 18.4 Å². The van der Waals surface area contributed by atoms with Crippen molar-refractivity contribution in [2.24, 2.45) is 11.5 Å². The predicted molar refractivity (Wildman–Crippen MR) is 98.6 cm³/mol. The smallest absolute Gasteiger partial charge is 0.326 e. The third-order valence-electron chi connectivity index (χ3n) is 3.59. The predicted octanol–water partition coefficient (Wildman–Crippen LogP) is -2.04. The molecule has 8 N–H and O–H groups in total. The summed E-state index contributed by atoms with van der Waals surface area (Å²) >= 11 is 1.46. The van der Waals surface area contributed by atoms with E-state index in [1.165, 1.54) is 24.3 Å². The number of carboxylic acid groups (broad SMARTS) is 1. The maximum absolute atomic E-state index is 12.4. The highest BCUT2D eigenvalue weighted by atomic mass is 32.2. The maximum Gasteiger partial charge on any atom is 0.326 e. The highest BCUT2D eigenvalue weighted by molar-refractivity contribution is 7.98. The van der Waals surface area contributed by atoms with Crippen molar-refractivity contribution in [1.29, 1.82) is 0 Å². The number of aromatic nitrogens is 2. The Morgan fingerprint density at radius 3 is 2.44 bits per heavy atom. The molecule has 0 aliphatic carbocycles. The van der Waals surface area contributed by atoms with E-state index < -0.39 is 48.2 Å². The number of rotatable bonds is 12. The van der Waals surface area contributed by atoms with Gasteiger partial charge in [-0.1, -0.05) is 0 Å². The van der Waals surface area contributed by atoms with Gasteiger partial charge in [0.05, 0.1) is 18.8 Å². The summed E-state index contributed by atoms with van der Waals surface area (Å²) in [5, 5.41) is 13.9. The van der Waals surface area contributed by atoms with E-state index >= 15 is 0 Å². The van der Waals surface area contributed by atoms with E-state index in [-0.39, 0.29) is 12.8 Å². The van der Waals surface area contributed by atoms with Crippen LogP contribution >= 0.6 is 11.8 Å². The minimum absolute atomic E-state index is 0.197. The van der Waals surface area contributed by atoms with Gasteiger partial charge in [-0.15, -0.1) is 0 Å². The van der Waals surface area contributed by atoms with E-state index in [9.17, 15) is 19.2 Å². The van der Waals surface area contributed by atoms with E-state index in [4.69, 9.17) is 16.6 Å². The second-order valence-electron chi connectivity index (χ2n) is 5.80. The number of H-pyrrole nitrogens is 1. The fraction of sp³-hybridized carbons (Fsp3) is 0.533. The molecule has 0 radical (unpaired) electrons. The zero-order valence-electron chi connectivity index (χ0n) is 14.8. The Labute approximate surface area is 160 Å². The van der Waals surface area contributed by atoms with Crippen LogP contribution in [0.25, 0.3) is 0 Å². The lowest BCUT2D eigenvalue weighted by atomic mass is 10.1. The van der Waals surface area contributed by atoms with Crippen LogP contribution in [-0.4, -0.2) is 68.9 Å². The summed E-state index contributed by atoms with van der Waals surface area (Å²) in [6, 6.07) is -3.38. The van der Waals surface area contributed by atoms with Crippen LogP contribution < -0.4 is 22.1 Å². The first-order valence-corrected chi connectivity index (χ1v) is 9.47. The Morgan fingerprint density at radius 1 is 1.26 bits per heavy atom. The summed E-state index contributed by atoms with van der Waals surface area (Å²) in [5.41, 5.74) is 11.5. The number of nitrogens with one attached hydrogen (secondary N) is 3. The third kappa shape index (κ3) is 8.09. The molecule has 0 aliphatic rings. The first-order valence-electron chi connectivity index (χ1n) is 8.08. The standard InChI is InChI=1S/C15H24N6O5S/c1-27-3-2-10(14(24)21-11(15(25)26)5-12(17)22)20-13(23)9(16)4-8-6-18-7-19-8/h6-7,9-11H,2-5,16H2,1H3,(H2,17,22)(H,18,19)(H,20,23)(H,21,24)(H,25,26)/t9-,10-,11-/m0/s1. The van der Waals surface area contributed by atoms with Crippen LogP contribution in [0, 0.1) is 0 Å². The lowest BCUT2D eigenvalue weighted by Crippen LogP contribution is -2.55. The summed E-state index contributed by atoms with van der Waals surface area (Å²) in [6.45, 7) is 0. The molecular formula is C15H24N6O5S. The van der Waals surface area contributed by atoms with Crippen molar-refractivity contribution in [1.82, 2.24) is 20.6 Å². The molecular weight excluding hydrogens is 376 g/mol. The third-order valence-corrected chi connectivity index (χ3v) is 4.24. The van der Waals surface area contributed by atoms with Crippen LogP contribution in [0.2, 0.25) is 0 Å². The normalized spacial score (nSPS) is 14.0. The number of imidazole rings is 1. The second-order valence-corrected chi connectivity index (χ2v) is 6.79. The van der Waals surface area contributed by atoms with Gasteiger partial charge in [0.2, 0.25) is 17.7 Å². The molecule has 1 aromatic rings. The van der Waals surface area contributed by atoms with Gasteiger partial charge in [-0.25, -0.2) is 9.78 Å². The number of amides is 3. The highest BCUT2D eigenvalue weighted by Gasteiger charge is 2.28. The lowest BCUT2D eigenvalue weighted by molar-refractivity contribution is -0.143. The van der Waals surface area contributed by atoms with Gasteiger partial charge in [0.25, 0.3) is 0 Å². The number of primary amides is 1. The van der Waals surface area contributed by atoms with Crippen LogP contribution in [0.5, 0.6) is 0 Å². The van der Waals surface area contributed by atoms with Crippen molar-refractivity contribution in [3.8, 4) is 0 Å². The molecule has 27 heavy (non-hydrogen) atoms. The Morgan fingerprint density at radius 2 is 1.93 bits per heavy atom. The minimum Gasteiger partial charge on any atom is -0.480 e. The number of nitrogens with two attached hydrogens (primary N) is 2. The fourth-order valence-corrected chi connectivity index (χ4v) is 2.65. The summed E-state index contributed by atoms with van der Waals surface area (Å²) in [4.78, 5) is 53.5. The monoisotopic (exact) mass is 400 g/mol. The van der Waals surface area contributed by atoms with E-state index in [1.54, 1.807) is 0 Å². The van der Waals surface area contributed by atoms with Gasteiger partial charge in [0, 0.05) is 18.3 Å². The number of hydrogen-bond acceptors (Lipinski definition) is 7. The van der Waals surface area contributed by atoms with Crippen molar-refractivity contribution in [3.05, 3.63) is 18.2 Å². The molecule has 12 heteroatoms. The Kier molecular flexibility index (Phi) is 9.30. The number of carbonyl (C=O) groups is 4. The van der Waals surface area contributed by atoms with E-state index in [2.05, 4.69) is 20.6 Å². The molecule has 1 aromatic heterocycles. The molecule has 3 atom stereocenters. The molecule has 3 amide bonds. The summed E-state index contributed by atoms with van der Waals surface area (Å²) in [5.74, 6) is -3.00. The molecule has 150 valence electrons. The molecule has 0 fully saturated rings. The number of hydrogen-bond donors (Lipinski definition) is 6. The number of aromatic amines is 1. The molecule has 0 spiro atoms. The Bertz CT molecular complexity index is 653. The SMILES string of the molecule is CSCC[C@H](NC(=O)[C@@H](N)Cc1cnc[nH]1)C(=O)N[C@@H](CC(N)=O)C(=O)O. The molecule has 0 unspecified atom stereocenters. The zero-order valence-corrected chi connectivity index (χ0v) is 15.6. The van der Waals surface area contributed by atoms with Crippen LogP contribution in [0.15, 0.2) is 12.5 Å². The molecule has 0 bridgehead atoms. The van der Waals surface area contributed by atoms with Crippen LogP contribution in [0.4, 0.5) is 0 Å². The van der Waals surface area contributed by atoms with Crippen LogP contribution in [0.3, 0.4) is 0 Å². The number of carbonyl (C=O) groups excluding carboxylic acids is 3. The van der Waals surface area contributed by atoms with Gasteiger partial charge in [-0.3, -0.25) is 14.4 Å². The van der Waals surface area contributed by atoms with Gasteiger partial charge in [-0.2, -0.15) is 11.8 Å². The van der Waals surface area contributed by atoms with Crippen molar-refractivity contribution >= 4 is 35.5 Å². The Balaban J connectivity index is 2.74. The quantitative estimate of drug-likeness (QED) is 0.231. The first kappa shape index (κ1) is 22.4. The summed E-state index contributed by atoms with van der Waals surface area (Å²) in [6.07, 6.45) is 4.73. The van der Waals surface area contributed by atoms with Crippen molar-refractivity contribution in [2.75, 3.05) is 12.0 Å². The maximum atomic E-state index is 12.4. The topological polar surface area (TPSA) is 193 Å². The second kappa shape index (κ2) is 11.2. The van der Waals surface area contributed by atoms with Crippen LogP contribution in [0.1, 0.15) is 18.5 Å². The van der Waals surface area contributed by atoms with Gasteiger partial charge < -0.3 is 32.2 Å². The van der Waals surface area contributed by atoms with Gasteiger partial charge >= 0.3 is 5.97 Å². The van der Waals surface area contributed by atoms with Crippen molar-refractivity contribution < 1.29 is 24.3 Å². The highest BCUT2D eigenvalue weighted by Crippen LogP contribution is 2.04. The molecule has 0 aliphatic heterocycles. The van der Waals surface area contributed by atoms with Crippen molar-refractivity contribution in [2.45, 2.75) is 37.4 Å². The van der Waals surface area contributed by atoms with E-state index in [1.807, 2.05) is 6.26 Å². The summed E-state index contributed by atoms with van der Waals surface area (Å²) in [7, 11) is 0. The van der Waals surface area contributed by atoms with Crippen molar-refractivity contribution in [3.63, 3.8) is 0 Å². The average molecular weight is 400 g/mol. The molecule has 1 rings (SSSR count). The Hall–Kier alpha value is -2.60. The number of thioether (sulfide) groups is 1. The lowest BCUT2D eigenvalue weighted by Gasteiger charge is -2.22. The number of aliphatic carboxylic acids is 1. The molecule has 0 saturated heterocycles. The fourth-order valence-electron chi connectivity index (χ4n) is 2.18. The average Bonchev–Trinajstić information content (AvgIpc) is 3.09. The number of nitrogens with zero attached hydrogens (tertiary/aromatic N) is 1. The molecule has 0 saturated carbocycles. The molecule has 0 aromatic carbocycles. The van der Waals surface area contributed by atoms with Gasteiger partial charge in [0.1, 0.15) is 12.1 Å². The largest absolute Gasteiger partial charge is 0.480 e. The van der Waals surface area contributed by atoms with Gasteiger partial charge in [0.15, 0.2) is 0 Å². The zero-order chi connectivity index (χ0) is 20.4. The first-order chi connectivity index (χ1) is 12.7. The number of carboxylic acids is 1. The molecule has 1 heterocycles. The van der Waals surface area contributed by atoms with Crippen LogP contribution in [-0.2, 0) is 25.6 Å². The van der Waals surface area contributed by atoms with E-state index in [0.717, 1.165) is 0 Å². The van der Waals surface area contributed by atoms with E-state index in [0.29, 0.717) is 11.4 Å².